The molecule has 1 aromatic carbocycles. The Hall–Kier alpha value is -1.06. The number of hydrogen-bond acceptors (Lipinski definition) is 6. The maximum atomic E-state index is 11.5. The first-order valence-electron chi connectivity index (χ1n) is 10.2. The Bertz CT molecular complexity index is 747. The van der Waals surface area contributed by atoms with Crippen molar-refractivity contribution in [1.29, 1.82) is 0 Å². The van der Waals surface area contributed by atoms with Gasteiger partial charge >= 0.3 is 0 Å². The van der Waals surface area contributed by atoms with Gasteiger partial charge in [-0.1, -0.05) is 57.2 Å². The van der Waals surface area contributed by atoms with Crippen LogP contribution in [-0.2, 0) is 30.0 Å². The number of aliphatic hydroxyl groups is 1. The van der Waals surface area contributed by atoms with E-state index >= 15 is 0 Å². The van der Waals surface area contributed by atoms with Gasteiger partial charge in [0.05, 0.1) is 6.61 Å². The molecule has 6 nitrogen and oxygen atoms in total. The van der Waals surface area contributed by atoms with E-state index < -0.39 is 44.8 Å². The van der Waals surface area contributed by atoms with E-state index in [4.69, 9.17) is 23.4 Å². The van der Waals surface area contributed by atoms with Crippen molar-refractivity contribution >= 4 is 8.32 Å². The summed E-state index contributed by atoms with van der Waals surface area (Å²) in [7, 11) is -2.16. The van der Waals surface area contributed by atoms with Crippen LogP contribution in [0.4, 0.5) is 0 Å². The molecule has 3 saturated heterocycles. The molecule has 4 bridgehead atoms. The maximum absolute atomic E-state index is 11.5. The van der Waals surface area contributed by atoms with Crippen LogP contribution in [0.15, 0.2) is 43.0 Å². The highest BCUT2D eigenvalue weighted by Crippen LogP contribution is 2.50. The van der Waals surface area contributed by atoms with Gasteiger partial charge in [0.2, 0.25) is 0 Å². The Morgan fingerprint density at radius 2 is 1.72 bits per heavy atom. The number of hydrogen-bond donors (Lipinski definition) is 1. The summed E-state index contributed by atoms with van der Waals surface area (Å²) in [6.45, 7) is 14.4. The van der Waals surface area contributed by atoms with Gasteiger partial charge in [0, 0.05) is 0 Å². The third-order valence-corrected chi connectivity index (χ3v) is 11.3. The average Bonchev–Trinajstić information content (AvgIpc) is 2.67. The van der Waals surface area contributed by atoms with Crippen LogP contribution in [0.5, 0.6) is 0 Å². The predicted molar refractivity (Wildman–Crippen MR) is 111 cm³/mol. The van der Waals surface area contributed by atoms with Gasteiger partial charge in [0.25, 0.3) is 6.48 Å². The van der Waals surface area contributed by atoms with Crippen molar-refractivity contribution in [3.05, 3.63) is 48.6 Å². The van der Waals surface area contributed by atoms with Gasteiger partial charge in [-0.25, -0.2) is 0 Å². The Balaban J connectivity index is 1.63. The van der Waals surface area contributed by atoms with E-state index in [9.17, 15) is 5.11 Å². The van der Waals surface area contributed by atoms with Crippen molar-refractivity contribution in [2.75, 3.05) is 0 Å². The first-order valence-corrected chi connectivity index (χ1v) is 13.1. The second-order valence-corrected chi connectivity index (χ2v) is 14.5. The van der Waals surface area contributed by atoms with Crippen LogP contribution < -0.4 is 0 Å². The van der Waals surface area contributed by atoms with Crippen molar-refractivity contribution < 1.29 is 28.5 Å². The van der Waals surface area contributed by atoms with E-state index in [-0.39, 0.29) is 11.1 Å². The third-order valence-electron chi connectivity index (χ3n) is 6.79. The van der Waals surface area contributed by atoms with Gasteiger partial charge < -0.3 is 28.5 Å². The lowest BCUT2D eigenvalue weighted by atomic mass is 9.73. The standard InChI is InChI=1S/C22H32O6Si/c1-7-22(23)18-16(24-13-14-11-9-8-10-12-14)15-17(19(22)27-20(25-15)26-18)28-29(5,6)21(2,3)4/h7-12,15-20,23H,1,13H2,2-6H3/t15-,16-,17-,18-,19+,20+,22-/m0/s1. The zero-order chi connectivity index (χ0) is 21.0. The molecule has 0 aromatic heterocycles. The minimum absolute atomic E-state index is 0.00481. The van der Waals surface area contributed by atoms with E-state index in [0.717, 1.165) is 5.56 Å². The maximum Gasteiger partial charge on any atom is 0.273 e. The molecule has 0 amide bonds. The molecule has 1 aliphatic carbocycles. The largest absolute Gasteiger partial charge is 0.408 e. The summed E-state index contributed by atoms with van der Waals surface area (Å²) in [5.74, 6) is 0. The third kappa shape index (κ3) is 3.52. The zero-order valence-electron chi connectivity index (χ0n) is 17.8. The topological polar surface area (TPSA) is 66.4 Å². The summed E-state index contributed by atoms with van der Waals surface area (Å²) < 4.78 is 30.7. The van der Waals surface area contributed by atoms with E-state index in [1.165, 1.54) is 6.08 Å². The van der Waals surface area contributed by atoms with Gasteiger partial charge in [-0.3, -0.25) is 0 Å². The van der Waals surface area contributed by atoms with Crippen molar-refractivity contribution in [2.24, 2.45) is 0 Å². The summed E-state index contributed by atoms with van der Waals surface area (Å²) >= 11 is 0. The van der Waals surface area contributed by atoms with Gasteiger partial charge in [0.15, 0.2) is 8.32 Å². The molecule has 1 aromatic rings. The lowest BCUT2D eigenvalue weighted by Gasteiger charge is -2.62. The molecular weight excluding hydrogens is 388 g/mol. The van der Waals surface area contributed by atoms with E-state index in [0.29, 0.717) is 6.61 Å². The zero-order valence-corrected chi connectivity index (χ0v) is 18.8. The molecular formula is C22H32O6Si. The molecule has 7 atom stereocenters. The van der Waals surface area contributed by atoms with Gasteiger partial charge in [-0.05, 0) is 23.7 Å². The van der Waals surface area contributed by atoms with Crippen LogP contribution in [0.1, 0.15) is 26.3 Å². The van der Waals surface area contributed by atoms with E-state index in [2.05, 4.69) is 40.4 Å². The molecule has 0 spiro atoms. The van der Waals surface area contributed by atoms with E-state index in [1.807, 2.05) is 30.3 Å². The van der Waals surface area contributed by atoms with Crippen LogP contribution >= 0.6 is 0 Å². The highest BCUT2D eigenvalue weighted by molar-refractivity contribution is 6.74. The lowest BCUT2D eigenvalue weighted by Crippen LogP contribution is -2.81. The Morgan fingerprint density at radius 3 is 2.31 bits per heavy atom. The van der Waals surface area contributed by atoms with Crippen molar-refractivity contribution in [2.45, 2.75) is 88.1 Å². The first-order chi connectivity index (χ1) is 13.6. The van der Waals surface area contributed by atoms with Crippen molar-refractivity contribution in [3.8, 4) is 0 Å². The summed E-state index contributed by atoms with van der Waals surface area (Å²) in [5, 5.41) is 11.5. The second-order valence-electron chi connectivity index (χ2n) is 9.70. The van der Waals surface area contributed by atoms with Crippen molar-refractivity contribution in [3.63, 3.8) is 0 Å². The molecule has 7 heteroatoms. The molecule has 1 N–H and O–H groups in total. The summed E-state index contributed by atoms with van der Waals surface area (Å²) in [5.41, 5.74) is -0.368. The highest BCUT2D eigenvalue weighted by atomic mass is 28.4. The normalized spacial score (nSPS) is 39.0. The first kappa shape index (κ1) is 21.2. The van der Waals surface area contributed by atoms with Gasteiger partial charge in [-0.15, -0.1) is 6.58 Å². The van der Waals surface area contributed by atoms with Crippen LogP contribution in [0, 0.1) is 0 Å². The number of ether oxygens (including phenoxy) is 4. The van der Waals surface area contributed by atoms with Crippen LogP contribution in [0.25, 0.3) is 0 Å². The quantitative estimate of drug-likeness (QED) is 0.562. The summed E-state index contributed by atoms with van der Waals surface area (Å²) in [6.07, 6.45) is -1.06. The molecule has 4 fully saturated rings. The fourth-order valence-electron chi connectivity index (χ4n) is 4.04. The Kier molecular flexibility index (Phi) is 5.31. The summed E-state index contributed by atoms with van der Waals surface area (Å²) in [6, 6.07) is 9.92. The van der Waals surface area contributed by atoms with Crippen LogP contribution in [-0.4, -0.2) is 56.0 Å². The number of benzene rings is 1. The monoisotopic (exact) mass is 420 g/mol. The highest BCUT2D eigenvalue weighted by Gasteiger charge is 2.69. The second kappa shape index (κ2) is 7.27. The van der Waals surface area contributed by atoms with Gasteiger partial charge in [-0.2, -0.15) is 0 Å². The Morgan fingerprint density at radius 1 is 1.10 bits per heavy atom. The summed E-state index contributed by atoms with van der Waals surface area (Å²) in [4.78, 5) is 0. The molecule has 4 aliphatic rings. The fourth-order valence-corrected chi connectivity index (χ4v) is 5.33. The smallest absolute Gasteiger partial charge is 0.273 e. The minimum Gasteiger partial charge on any atom is -0.408 e. The predicted octanol–water partition coefficient (Wildman–Crippen LogP) is 3.36. The van der Waals surface area contributed by atoms with E-state index in [1.54, 1.807) is 0 Å². The molecule has 1 saturated carbocycles. The molecule has 29 heavy (non-hydrogen) atoms. The Labute approximate surface area is 173 Å². The lowest BCUT2D eigenvalue weighted by molar-refractivity contribution is -0.494. The van der Waals surface area contributed by atoms with Gasteiger partial charge in [0.1, 0.15) is 36.1 Å². The number of rotatable bonds is 6. The molecule has 160 valence electrons. The molecule has 5 rings (SSSR count). The fraction of sp³-hybridized carbons (Fsp3) is 0.636. The molecule has 3 heterocycles. The minimum atomic E-state index is -2.16. The van der Waals surface area contributed by atoms with Crippen LogP contribution in [0.3, 0.4) is 0 Å². The SMILES string of the molecule is C=C[C@@]1(O)[C@@H]2O[C@@H]3O[C@H]([C@@H]2O[Si](C)(C)C(C)(C)C)[C@H](OCc2ccccc2)[C@@H]1O3. The van der Waals surface area contributed by atoms with Crippen molar-refractivity contribution in [1.82, 2.24) is 0 Å². The average molecular weight is 421 g/mol. The molecule has 0 unspecified atom stereocenters. The molecule has 3 aliphatic heterocycles. The molecule has 0 radical (unpaired) electrons. The van der Waals surface area contributed by atoms with Crippen LogP contribution in [0.2, 0.25) is 18.1 Å².